The number of hydrogen-bond donors (Lipinski definition) is 3. The van der Waals surface area contributed by atoms with Gasteiger partial charge in [0.05, 0.1) is 6.04 Å². The Morgan fingerprint density at radius 1 is 1.38 bits per heavy atom. The third-order valence-electron chi connectivity index (χ3n) is 3.56. The first-order chi connectivity index (χ1) is 9.86. The summed E-state index contributed by atoms with van der Waals surface area (Å²) < 4.78 is 0. The molecule has 1 amide bonds. The third kappa shape index (κ3) is 5.13. The van der Waals surface area contributed by atoms with Crippen LogP contribution >= 0.6 is 11.8 Å². The number of carbonyl (C=O) groups excluding carboxylic acids is 1. The lowest BCUT2D eigenvalue weighted by Crippen LogP contribution is -2.46. The van der Waals surface area contributed by atoms with Gasteiger partial charge in [-0.1, -0.05) is 6.07 Å². The lowest BCUT2D eigenvalue weighted by atomic mass is 10.0. The van der Waals surface area contributed by atoms with E-state index in [1.807, 2.05) is 13.2 Å². The van der Waals surface area contributed by atoms with Gasteiger partial charge in [0.2, 0.25) is 5.91 Å². The van der Waals surface area contributed by atoms with Gasteiger partial charge >= 0.3 is 0 Å². The lowest BCUT2D eigenvalue weighted by molar-refractivity contribution is -0.133. The highest BCUT2D eigenvalue weighted by atomic mass is 32.2. The molecule has 0 radical (unpaired) electrons. The Kier molecular flexibility index (Phi) is 6.84. The highest BCUT2D eigenvalue weighted by molar-refractivity contribution is 7.98. The van der Waals surface area contributed by atoms with E-state index >= 15 is 0 Å². The molecule has 0 aliphatic carbocycles. The molecule has 2 atom stereocenters. The van der Waals surface area contributed by atoms with Crippen LogP contribution in [0.5, 0.6) is 11.5 Å². The van der Waals surface area contributed by atoms with Gasteiger partial charge in [-0.2, -0.15) is 11.8 Å². The summed E-state index contributed by atoms with van der Waals surface area (Å²) in [4.78, 5) is 14.0. The molecule has 0 aliphatic rings. The SMILES string of the molecule is CSCCC(C)N(C)C(=O)[C@@H](N)Cc1ccc(O)c(O)c1. The summed E-state index contributed by atoms with van der Waals surface area (Å²) in [5, 5.41) is 18.7. The molecule has 1 aromatic carbocycles. The van der Waals surface area contributed by atoms with Gasteiger partial charge < -0.3 is 20.8 Å². The maximum absolute atomic E-state index is 12.3. The lowest BCUT2D eigenvalue weighted by Gasteiger charge is -2.27. The number of nitrogens with two attached hydrogens (primary N) is 1. The third-order valence-corrected chi connectivity index (χ3v) is 4.21. The molecule has 0 heterocycles. The van der Waals surface area contributed by atoms with Crippen LogP contribution in [-0.4, -0.2) is 52.2 Å². The predicted molar refractivity (Wildman–Crippen MR) is 86.7 cm³/mol. The van der Waals surface area contributed by atoms with Crippen LogP contribution in [0.25, 0.3) is 0 Å². The van der Waals surface area contributed by atoms with Crippen LogP contribution in [0, 0.1) is 0 Å². The first kappa shape index (κ1) is 17.7. The van der Waals surface area contributed by atoms with E-state index in [0.717, 1.165) is 17.7 Å². The minimum absolute atomic E-state index is 0.115. The average Bonchev–Trinajstić information content (AvgIpc) is 2.46. The van der Waals surface area contributed by atoms with Crippen LogP contribution in [0.4, 0.5) is 0 Å². The second-order valence-corrected chi connectivity index (χ2v) is 6.20. The van der Waals surface area contributed by atoms with Gasteiger partial charge in [-0.05, 0) is 49.5 Å². The van der Waals surface area contributed by atoms with E-state index in [9.17, 15) is 15.0 Å². The topological polar surface area (TPSA) is 86.8 Å². The summed E-state index contributed by atoms with van der Waals surface area (Å²) in [5.74, 6) is 0.506. The number of hydrogen-bond acceptors (Lipinski definition) is 5. The smallest absolute Gasteiger partial charge is 0.239 e. The van der Waals surface area contributed by atoms with Crippen molar-refractivity contribution in [3.63, 3.8) is 0 Å². The van der Waals surface area contributed by atoms with Crippen LogP contribution in [0.2, 0.25) is 0 Å². The Morgan fingerprint density at radius 3 is 2.62 bits per heavy atom. The van der Waals surface area contributed by atoms with Gasteiger partial charge in [0.25, 0.3) is 0 Å². The van der Waals surface area contributed by atoms with Crippen molar-refractivity contribution in [2.45, 2.75) is 31.8 Å². The molecule has 1 rings (SSSR count). The molecule has 0 aromatic heterocycles. The molecular weight excluding hydrogens is 288 g/mol. The number of phenolic OH excluding ortho intramolecular Hbond substituents is 2. The zero-order valence-electron chi connectivity index (χ0n) is 12.7. The molecule has 6 heteroatoms. The molecule has 4 N–H and O–H groups in total. The van der Waals surface area contributed by atoms with E-state index in [2.05, 4.69) is 0 Å². The first-order valence-corrected chi connectivity index (χ1v) is 8.28. The number of benzene rings is 1. The largest absolute Gasteiger partial charge is 0.504 e. The first-order valence-electron chi connectivity index (χ1n) is 6.88. The van der Waals surface area contributed by atoms with Crippen LogP contribution in [0.1, 0.15) is 18.9 Å². The Labute approximate surface area is 130 Å². The van der Waals surface area contributed by atoms with Crippen molar-refractivity contribution in [2.75, 3.05) is 19.1 Å². The maximum Gasteiger partial charge on any atom is 0.239 e. The van der Waals surface area contributed by atoms with Gasteiger partial charge in [-0.15, -0.1) is 0 Å². The second-order valence-electron chi connectivity index (χ2n) is 5.21. The summed E-state index contributed by atoms with van der Waals surface area (Å²) in [6.45, 7) is 2.01. The maximum atomic E-state index is 12.3. The predicted octanol–water partition coefficient (Wildman–Crippen LogP) is 1.57. The molecule has 118 valence electrons. The fraction of sp³-hybridized carbons (Fsp3) is 0.533. The van der Waals surface area contributed by atoms with Gasteiger partial charge in [-0.25, -0.2) is 0 Å². The standard InChI is InChI=1S/C15H24N2O3S/c1-10(6-7-21-3)17(2)15(20)12(16)8-11-4-5-13(18)14(19)9-11/h4-5,9-10,12,18-19H,6-8,16H2,1-3H3/t10?,12-/m0/s1. The van der Waals surface area contributed by atoms with E-state index in [1.165, 1.54) is 12.1 Å². The molecule has 0 saturated carbocycles. The van der Waals surface area contributed by atoms with Crippen molar-refractivity contribution in [1.29, 1.82) is 0 Å². The molecule has 0 bridgehead atoms. The second kappa shape index (κ2) is 8.14. The number of rotatable bonds is 7. The molecule has 5 nitrogen and oxygen atoms in total. The summed E-state index contributed by atoms with van der Waals surface area (Å²) in [5.41, 5.74) is 6.68. The zero-order valence-corrected chi connectivity index (χ0v) is 13.6. The van der Waals surface area contributed by atoms with Crippen LogP contribution in [0.15, 0.2) is 18.2 Å². The van der Waals surface area contributed by atoms with E-state index in [4.69, 9.17) is 5.73 Å². The number of thioether (sulfide) groups is 1. The fourth-order valence-electron chi connectivity index (χ4n) is 2.00. The van der Waals surface area contributed by atoms with Crippen LogP contribution < -0.4 is 5.73 Å². The van der Waals surface area contributed by atoms with E-state index in [-0.39, 0.29) is 23.4 Å². The highest BCUT2D eigenvalue weighted by Crippen LogP contribution is 2.25. The zero-order chi connectivity index (χ0) is 16.0. The van der Waals surface area contributed by atoms with E-state index in [0.29, 0.717) is 6.42 Å². The van der Waals surface area contributed by atoms with Gasteiger partial charge in [0, 0.05) is 13.1 Å². The minimum Gasteiger partial charge on any atom is -0.504 e. The fourth-order valence-corrected chi connectivity index (χ4v) is 2.57. The van der Waals surface area contributed by atoms with Crippen molar-refractivity contribution in [3.8, 4) is 11.5 Å². The number of nitrogens with zero attached hydrogens (tertiary/aromatic N) is 1. The van der Waals surface area contributed by atoms with Gasteiger partial charge in [0.15, 0.2) is 11.5 Å². The minimum atomic E-state index is -0.657. The molecule has 0 aliphatic heterocycles. The summed E-state index contributed by atoms with van der Waals surface area (Å²) in [7, 11) is 1.77. The number of likely N-dealkylation sites (N-methyl/N-ethyl adjacent to an activating group) is 1. The summed E-state index contributed by atoms with van der Waals surface area (Å²) in [6, 6.07) is 3.96. The van der Waals surface area contributed by atoms with Crippen molar-refractivity contribution in [2.24, 2.45) is 5.73 Å². The van der Waals surface area contributed by atoms with E-state index < -0.39 is 6.04 Å². The Morgan fingerprint density at radius 2 is 2.05 bits per heavy atom. The number of carbonyl (C=O) groups is 1. The molecule has 21 heavy (non-hydrogen) atoms. The van der Waals surface area contributed by atoms with Gasteiger partial charge in [-0.3, -0.25) is 4.79 Å². The molecular formula is C15H24N2O3S. The van der Waals surface area contributed by atoms with Crippen molar-refractivity contribution in [3.05, 3.63) is 23.8 Å². The Hall–Kier alpha value is -1.40. The Bertz CT molecular complexity index is 482. The average molecular weight is 312 g/mol. The molecule has 1 aromatic rings. The van der Waals surface area contributed by atoms with Crippen LogP contribution in [0.3, 0.4) is 0 Å². The normalized spacial score (nSPS) is 13.7. The molecule has 1 unspecified atom stereocenters. The number of aromatic hydroxyl groups is 2. The summed E-state index contributed by atoms with van der Waals surface area (Å²) >= 11 is 1.75. The van der Waals surface area contributed by atoms with Crippen molar-refractivity contribution < 1.29 is 15.0 Å². The number of phenols is 2. The van der Waals surface area contributed by atoms with Crippen LogP contribution in [-0.2, 0) is 11.2 Å². The Balaban J connectivity index is 2.63. The highest BCUT2D eigenvalue weighted by Gasteiger charge is 2.22. The van der Waals surface area contributed by atoms with E-state index in [1.54, 1.807) is 29.8 Å². The number of amides is 1. The quantitative estimate of drug-likeness (QED) is 0.665. The van der Waals surface area contributed by atoms with Gasteiger partial charge in [0.1, 0.15) is 0 Å². The molecule has 0 spiro atoms. The monoisotopic (exact) mass is 312 g/mol. The molecule has 0 fully saturated rings. The van der Waals surface area contributed by atoms with Crippen molar-refractivity contribution >= 4 is 17.7 Å². The van der Waals surface area contributed by atoms with Crippen molar-refractivity contribution in [1.82, 2.24) is 4.90 Å². The molecule has 0 saturated heterocycles. The summed E-state index contributed by atoms with van der Waals surface area (Å²) in [6.07, 6.45) is 3.29.